The Kier molecular flexibility index (Phi) is 4.72. The van der Waals surface area contributed by atoms with Crippen LogP contribution < -0.4 is 11.1 Å². The lowest BCUT2D eigenvalue weighted by molar-refractivity contribution is 0.351. The van der Waals surface area contributed by atoms with E-state index in [1.165, 1.54) is 22.3 Å². The molecule has 0 heterocycles. The van der Waals surface area contributed by atoms with Crippen molar-refractivity contribution < 1.29 is 0 Å². The fraction of sp³-hybridized carbons (Fsp3) is 0.600. The summed E-state index contributed by atoms with van der Waals surface area (Å²) in [5, 5.41) is 3.50. The predicted octanol–water partition coefficient (Wildman–Crippen LogP) is 2.69. The molecule has 0 fully saturated rings. The van der Waals surface area contributed by atoms with Gasteiger partial charge in [-0.1, -0.05) is 26.0 Å². The van der Waals surface area contributed by atoms with Crippen molar-refractivity contribution in [3.8, 4) is 0 Å². The number of hydrogen-bond donors (Lipinski definition) is 2. The maximum absolute atomic E-state index is 5.72. The first-order valence-corrected chi connectivity index (χ1v) is 6.33. The summed E-state index contributed by atoms with van der Waals surface area (Å²) in [6, 6.07) is 4.55. The summed E-state index contributed by atoms with van der Waals surface area (Å²) >= 11 is 0. The molecule has 1 aromatic rings. The van der Waals surface area contributed by atoms with Gasteiger partial charge in [0.25, 0.3) is 0 Å². The minimum absolute atomic E-state index is 0.174. The summed E-state index contributed by atoms with van der Waals surface area (Å²) in [7, 11) is 0. The van der Waals surface area contributed by atoms with Crippen molar-refractivity contribution in [2.24, 2.45) is 11.1 Å². The predicted molar refractivity (Wildman–Crippen MR) is 75.2 cm³/mol. The minimum Gasteiger partial charge on any atom is -0.330 e. The normalized spacial score (nSPS) is 11.9. The van der Waals surface area contributed by atoms with Crippen LogP contribution in [0.4, 0.5) is 0 Å². The molecule has 0 radical (unpaired) electrons. The molecule has 0 bridgehead atoms. The third kappa shape index (κ3) is 4.14. The topological polar surface area (TPSA) is 38.0 Å². The molecule has 1 rings (SSSR count). The Morgan fingerprint density at radius 3 is 2.24 bits per heavy atom. The molecule has 17 heavy (non-hydrogen) atoms. The molecule has 0 aliphatic rings. The Labute approximate surface area is 106 Å². The van der Waals surface area contributed by atoms with E-state index >= 15 is 0 Å². The Bertz CT molecular complexity index is 381. The Morgan fingerprint density at radius 1 is 1.06 bits per heavy atom. The molecule has 96 valence electrons. The van der Waals surface area contributed by atoms with Crippen LogP contribution in [0.5, 0.6) is 0 Å². The van der Waals surface area contributed by atoms with Crippen LogP contribution >= 0.6 is 0 Å². The van der Waals surface area contributed by atoms with Gasteiger partial charge in [-0.15, -0.1) is 0 Å². The molecule has 0 aliphatic carbocycles. The monoisotopic (exact) mass is 234 g/mol. The van der Waals surface area contributed by atoms with Gasteiger partial charge in [-0.25, -0.2) is 0 Å². The van der Waals surface area contributed by atoms with E-state index in [0.29, 0.717) is 6.54 Å². The van der Waals surface area contributed by atoms with Crippen molar-refractivity contribution in [1.82, 2.24) is 5.32 Å². The Balaban J connectivity index is 2.61. The molecule has 0 amide bonds. The van der Waals surface area contributed by atoms with Gasteiger partial charge >= 0.3 is 0 Å². The van der Waals surface area contributed by atoms with Crippen molar-refractivity contribution in [2.45, 2.75) is 41.2 Å². The van der Waals surface area contributed by atoms with E-state index in [4.69, 9.17) is 5.73 Å². The first-order chi connectivity index (χ1) is 7.85. The SMILES string of the molecule is Cc1cc(C)c(CNCC(C)(C)CN)cc1C. The van der Waals surface area contributed by atoms with Crippen LogP contribution in [0.3, 0.4) is 0 Å². The standard InChI is InChI=1S/C15H26N2/c1-11-6-13(3)14(7-12(11)2)8-17-10-15(4,5)9-16/h6-7,17H,8-10,16H2,1-5H3. The van der Waals surface area contributed by atoms with Gasteiger partial charge in [0.05, 0.1) is 0 Å². The van der Waals surface area contributed by atoms with Crippen LogP contribution in [0.15, 0.2) is 12.1 Å². The summed E-state index contributed by atoms with van der Waals surface area (Å²) < 4.78 is 0. The fourth-order valence-electron chi connectivity index (χ4n) is 1.82. The Hall–Kier alpha value is -0.860. The Morgan fingerprint density at radius 2 is 1.65 bits per heavy atom. The smallest absolute Gasteiger partial charge is 0.0208 e. The number of nitrogens with two attached hydrogens (primary N) is 1. The highest BCUT2D eigenvalue weighted by Crippen LogP contribution is 2.16. The second-order valence-corrected chi connectivity index (χ2v) is 5.83. The van der Waals surface area contributed by atoms with Crippen LogP contribution in [0.1, 0.15) is 36.1 Å². The zero-order valence-electron chi connectivity index (χ0n) is 11.9. The molecule has 1 aromatic carbocycles. The zero-order valence-corrected chi connectivity index (χ0v) is 11.9. The van der Waals surface area contributed by atoms with Crippen molar-refractivity contribution in [3.05, 3.63) is 34.4 Å². The summed E-state index contributed by atoms with van der Waals surface area (Å²) in [5.41, 5.74) is 11.4. The molecule has 0 aromatic heterocycles. The maximum atomic E-state index is 5.72. The van der Waals surface area contributed by atoms with Crippen molar-refractivity contribution >= 4 is 0 Å². The van der Waals surface area contributed by atoms with Crippen LogP contribution in [0, 0.1) is 26.2 Å². The highest BCUT2D eigenvalue weighted by molar-refractivity contribution is 5.36. The molecule has 0 atom stereocenters. The van der Waals surface area contributed by atoms with Gasteiger partial charge in [0.2, 0.25) is 0 Å². The lowest BCUT2D eigenvalue weighted by Crippen LogP contribution is -2.35. The zero-order chi connectivity index (χ0) is 13.1. The highest BCUT2D eigenvalue weighted by atomic mass is 14.9. The van der Waals surface area contributed by atoms with Crippen molar-refractivity contribution in [3.63, 3.8) is 0 Å². The largest absolute Gasteiger partial charge is 0.330 e. The molecule has 0 saturated heterocycles. The summed E-state index contributed by atoms with van der Waals surface area (Å²) in [5.74, 6) is 0. The van der Waals surface area contributed by atoms with E-state index in [0.717, 1.165) is 13.1 Å². The number of nitrogens with one attached hydrogen (secondary N) is 1. The second kappa shape index (κ2) is 5.65. The van der Waals surface area contributed by atoms with E-state index in [1.54, 1.807) is 0 Å². The molecule has 2 heteroatoms. The molecule has 2 nitrogen and oxygen atoms in total. The molecule has 0 unspecified atom stereocenters. The van der Waals surface area contributed by atoms with Gasteiger partial charge in [0, 0.05) is 13.1 Å². The van der Waals surface area contributed by atoms with E-state index in [1.807, 2.05) is 0 Å². The molecular formula is C15H26N2. The number of benzene rings is 1. The van der Waals surface area contributed by atoms with E-state index in [9.17, 15) is 0 Å². The summed E-state index contributed by atoms with van der Waals surface area (Å²) in [6.45, 7) is 13.5. The molecule has 0 aliphatic heterocycles. The third-order valence-electron chi connectivity index (χ3n) is 3.42. The highest BCUT2D eigenvalue weighted by Gasteiger charge is 2.14. The first-order valence-electron chi connectivity index (χ1n) is 6.33. The lowest BCUT2D eigenvalue weighted by atomic mass is 9.93. The number of rotatable bonds is 5. The van der Waals surface area contributed by atoms with Crippen LogP contribution in [0.2, 0.25) is 0 Å². The van der Waals surface area contributed by atoms with E-state index < -0.39 is 0 Å². The van der Waals surface area contributed by atoms with Crippen molar-refractivity contribution in [2.75, 3.05) is 13.1 Å². The van der Waals surface area contributed by atoms with E-state index in [2.05, 4.69) is 52.1 Å². The fourth-order valence-corrected chi connectivity index (χ4v) is 1.82. The summed E-state index contributed by atoms with van der Waals surface area (Å²) in [4.78, 5) is 0. The van der Waals surface area contributed by atoms with Gasteiger partial charge in [-0.2, -0.15) is 0 Å². The van der Waals surface area contributed by atoms with Crippen LogP contribution in [-0.4, -0.2) is 13.1 Å². The molecule has 3 N–H and O–H groups in total. The van der Waals surface area contributed by atoms with Gasteiger partial charge in [0.15, 0.2) is 0 Å². The average Bonchev–Trinajstić information content (AvgIpc) is 2.25. The minimum atomic E-state index is 0.174. The van der Waals surface area contributed by atoms with E-state index in [-0.39, 0.29) is 5.41 Å². The molecular weight excluding hydrogens is 208 g/mol. The van der Waals surface area contributed by atoms with Crippen molar-refractivity contribution in [1.29, 1.82) is 0 Å². The van der Waals surface area contributed by atoms with Crippen LogP contribution in [-0.2, 0) is 6.54 Å². The lowest BCUT2D eigenvalue weighted by Gasteiger charge is -2.23. The second-order valence-electron chi connectivity index (χ2n) is 5.83. The van der Waals surface area contributed by atoms with Gasteiger partial charge in [-0.05, 0) is 55.0 Å². The number of aryl methyl sites for hydroxylation is 3. The molecule has 0 saturated carbocycles. The maximum Gasteiger partial charge on any atom is 0.0208 e. The van der Waals surface area contributed by atoms with Gasteiger partial charge in [-0.3, -0.25) is 0 Å². The number of hydrogen-bond acceptors (Lipinski definition) is 2. The average molecular weight is 234 g/mol. The third-order valence-corrected chi connectivity index (χ3v) is 3.42. The van der Waals surface area contributed by atoms with Crippen LogP contribution in [0.25, 0.3) is 0 Å². The summed E-state index contributed by atoms with van der Waals surface area (Å²) in [6.07, 6.45) is 0. The quantitative estimate of drug-likeness (QED) is 0.822. The first kappa shape index (κ1) is 14.2. The van der Waals surface area contributed by atoms with Gasteiger partial charge < -0.3 is 11.1 Å². The molecule has 0 spiro atoms. The van der Waals surface area contributed by atoms with Gasteiger partial charge in [0.1, 0.15) is 0 Å².